The molecule has 53 heavy (non-hydrogen) atoms. The number of hydrogen-bond acceptors (Lipinski definition) is 11. The topological polar surface area (TPSA) is 167 Å². The van der Waals surface area contributed by atoms with Crippen LogP contribution in [0, 0.1) is 13.8 Å². The van der Waals surface area contributed by atoms with E-state index in [1.807, 2.05) is 6.07 Å². The fourth-order valence-corrected chi connectivity index (χ4v) is 6.61. The molecule has 13 nitrogen and oxygen atoms in total. The SMILES string of the molecule is COc1ccc2c(c1OC)CN1CCc3cc4c(cc3C1C2)OCO4.Cc1ccc(C(=O)OC(C(=O)O)C(OC(=O)c2ccc(C)cc2)C(=O)O)cc1. The number of benzene rings is 4. The molecule has 2 N–H and O–H groups in total. The van der Waals surface area contributed by atoms with Crippen LogP contribution in [0.2, 0.25) is 0 Å². The van der Waals surface area contributed by atoms with Crippen molar-refractivity contribution >= 4 is 23.9 Å². The van der Waals surface area contributed by atoms with Gasteiger partial charge in [0, 0.05) is 24.7 Å². The van der Waals surface area contributed by atoms with Gasteiger partial charge in [0.05, 0.1) is 25.3 Å². The Balaban J connectivity index is 0.000000182. The van der Waals surface area contributed by atoms with Gasteiger partial charge in [-0.2, -0.15) is 0 Å². The summed E-state index contributed by atoms with van der Waals surface area (Å²) in [6, 6.07) is 21.0. The summed E-state index contributed by atoms with van der Waals surface area (Å²) in [5, 5.41) is 18.6. The van der Waals surface area contributed by atoms with E-state index in [-0.39, 0.29) is 11.1 Å². The van der Waals surface area contributed by atoms with Crippen molar-refractivity contribution in [3.63, 3.8) is 0 Å². The van der Waals surface area contributed by atoms with Gasteiger partial charge in [0.1, 0.15) is 0 Å². The molecule has 4 aromatic carbocycles. The molecule has 7 rings (SSSR count). The zero-order valence-corrected chi connectivity index (χ0v) is 29.6. The van der Waals surface area contributed by atoms with Gasteiger partial charge >= 0.3 is 23.9 Å². The fourth-order valence-electron chi connectivity index (χ4n) is 6.61. The first kappa shape index (κ1) is 36.7. The summed E-state index contributed by atoms with van der Waals surface area (Å²) in [7, 11) is 3.41. The van der Waals surface area contributed by atoms with Crippen molar-refractivity contribution < 1.29 is 57.8 Å². The van der Waals surface area contributed by atoms with E-state index in [1.54, 1.807) is 52.3 Å². The highest BCUT2D eigenvalue weighted by molar-refractivity contribution is 5.95. The average molecular weight is 726 g/mol. The van der Waals surface area contributed by atoms with Crippen molar-refractivity contribution in [1.82, 2.24) is 4.90 Å². The van der Waals surface area contributed by atoms with Crippen LogP contribution in [-0.4, -0.2) is 78.8 Å². The molecule has 0 bridgehead atoms. The van der Waals surface area contributed by atoms with Gasteiger partial charge in [-0.05, 0) is 85.8 Å². The minimum atomic E-state index is -2.22. The Morgan fingerprint density at radius 2 is 1.28 bits per heavy atom. The van der Waals surface area contributed by atoms with E-state index < -0.39 is 36.1 Å². The number of methoxy groups -OCH3 is 2. The van der Waals surface area contributed by atoms with Gasteiger partial charge in [0.15, 0.2) is 23.0 Å². The Labute approximate surface area is 305 Å². The monoisotopic (exact) mass is 725 g/mol. The van der Waals surface area contributed by atoms with Crippen LogP contribution in [0.3, 0.4) is 0 Å². The molecular formula is C40H39NO12. The molecule has 13 heteroatoms. The number of carbonyl (C=O) groups excluding carboxylic acids is 2. The van der Waals surface area contributed by atoms with Gasteiger partial charge in [-0.15, -0.1) is 0 Å². The summed E-state index contributed by atoms with van der Waals surface area (Å²) in [5.41, 5.74) is 7.14. The second-order valence-electron chi connectivity index (χ2n) is 12.8. The molecule has 3 atom stereocenters. The van der Waals surface area contributed by atoms with Gasteiger partial charge in [-0.3, -0.25) is 4.90 Å². The van der Waals surface area contributed by atoms with Crippen LogP contribution in [-0.2, 0) is 38.4 Å². The van der Waals surface area contributed by atoms with Crippen molar-refractivity contribution in [2.75, 3.05) is 27.6 Å². The predicted molar refractivity (Wildman–Crippen MR) is 189 cm³/mol. The number of carbonyl (C=O) groups is 4. The molecule has 0 saturated heterocycles. The molecule has 3 heterocycles. The lowest BCUT2D eigenvalue weighted by atomic mass is 9.83. The van der Waals surface area contributed by atoms with Crippen LogP contribution in [0.15, 0.2) is 72.8 Å². The zero-order chi connectivity index (χ0) is 37.8. The van der Waals surface area contributed by atoms with E-state index in [2.05, 4.69) is 23.1 Å². The fraction of sp³-hybridized carbons (Fsp3) is 0.300. The maximum absolute atomic E-state index is 12.2. The molecule has 0 amide bonds. The lowest BCUT2D eigenvalue weighted by Crippen LogP contribution is -2.45. The van der Waals surface area contributed by atoms with Gasteiger partial charge in [0.25, 0.3) is 0 Å². The first-order valence-corrected chi connectivity index (χ1v) is 16.9. The summed E-state index contributed by atoms with van der Waals surface area (Å²) in [6.45, 7) is 5.83. The van der Waals surface area contributed by atoms with Crippen molar-refractivity contribution in [1.29, 1.82) is 0 Å². The first-order chi connectivity index (χ1) is 25.5. The van der Waals surface area contributed by atoms with Crippen LogP contribution >= 0.6 is 0 Å². The highest BCUT2D eigenvalue weighted by atomic mass is 16.7. The van der Waals surface area contributed by atoms with Gasteiger partial charge < -0.3 is 38.6 Å². The Hall–Kier alpha value is -6.08. The standard InChI is InChI=1S/C20H21NO4.C20H18O8/c1-22-17-4-3-12-7-16-14-9-19-18(24-11-25-19)8-13(14)5-6-21(16)10-15(12)20(17)23-2;1-11-3-7-13(8-4-11)19(25)27-15(17(21)22)16(18(23)24)28-20(26)14-9-5-12(2)6-10-14/h3-4,8-9,16H,5-7,10-11H2,1-2H3;3-10,15-16H,1-2H3,(H,21,22)(H,23,24). The summed E-state index contributed by atoms with van der Waals surface area (Å²) >= 11 is 0. The van der Waals surface area contributed by atoms with Crippen LogP contribution in [0.5, 0.6) is 23.0 Å². The normalized spacial score (nSPS) is 16.3. The van der Waals surface area contributed by atoms with Crippen LogP contribution < -0.4 is 18.9 Å². The molecule has 0 radical (unpaired) electrons. The molecule has 4 aromatic rings. The summed E-state index contributed by atoms with van der Waals surface area (Å²) in [4.78, 5) is 49.9. The first-order valence-electron chi connectivity index (χ1n) is 16.9. The van der Waals surface area contributed by atoms with Gasteiger partial charge in [-0.1, -0.05) is 41.5 Å². The Morgan fingerprint density at radius 1 is 0.736 bits per heavy atom. The number of rotatable bonds is 9. The molecule has 0 saturated carbocycles. The molecule has 0 aromatic heterocycles. The summed E-state index contributed by atoms with van der Waals surface area (Å²) < 4.78 is 31.9. The van der Waals surface area contributed by atoms with E-state index in [1.165, 1.54) is 46.5 Å². The van der Waals surface area contributed by atoms with E-state index in [9.17, 15) is 29.4 Å². The van der Waals surface area contributed by atoms with Crippen molar-refractivity contribution in [2.45, 2.75) is 51.5 Å². The maximum Gasteiger partial charge on any atom is 0.349 e. The van der Waals surface area contributed by atoms with Crippen molar-refractivity contribution in [3.05, 3.63) is 117 Å². The molecule has 0 spiro atoms. The Kier molecular flexibility index (Phi) is 10.8. The summed E-state index contributed by atoms with van der Waals surface area (Å²) in [6.07, 6.45) is -2.44. The number of aliphatic carboxylic acids is 2. The number of hydrogen-bond donors (Lipinski definition) is 2. The van der Waals surface area contributed by atoms with Gasteiger partial charge in [0.2, 0.25) is 19.0 Å². The molecule has 0 aliphatic carbocycles. The molecule has 3 aliphatic rings. The second kappa shape index (κ2) is 15.7. The van der Waals surface area contributed by atoms with Crippen LogP contribution in [0.1, 0.15) is 60.1 Å². The minimum absolute atomic E-state index is 0.0332. The second-order valence-corrected chi connectivity index (χ2v) is 12.8. The number of carboxylic acids is 2. The number of carboxylic acid groups (broad SMARTS) is 2. The molecule has 276 valence electrons. The van der Waals surface area contributed by atoms with Crippen molar-refractivity contribution in [2.24, 2.45) is 0 Å². The molecule has 3 aliphatic heterocycles. The van der Waals surface area contributed by atoms with E-state index in [0.717, 1.165) is 60.1 Å². The zero-order valence-electron chi connectivity index (χ0n) is 29.6. The number of nitrogens with zero attached hydrogens (tertiary/aromatic N) is 1. The van der Waals surface area contributed by atoms with E-state index in [0.29, 0.717) is 12.8 Å². The highest BCUT2D eigenvalue weighted by Crippen LogP contribution is 2.46. The Bertz CT molecular complexity index is 1950. The quantitative estimate of drug-likeness (QED) is 0.213. The predicted octanol–water partition coefficient (Wildman–Crippen LogP) is 5.31. The lowest BCUT2D eigenvalue weighted by molar-refractivity contribution is -0.166. The maximum atomic E-state index is 12.2. The lowest BCUT2D eigenvalue weighted by Gasteiger charge is -2.42. The number of ether oxygens (including phenoxy) is 6. The molecule has 3 unspecified atom stereocenters. The highest BCUT2D eigenvalue weighted by Gasteiger charge is 2.41. The third-order valence-corrected chi connectivity index (χ3v) is 9.43. The van der Waals surface area contributed by atoms with Crippen LogP contribution in [0.4, 0.5) is 0 Å². The average Bonchev–Trinajstić information content (AvgIpc) is 3.62. The van der Waals surface area contributed by atoms with Crippen LogP contribution in [0.25, 0.3) is 0 Å². The Morgan fingerprint density at radius 3 is 1.79 bits per heavy atom. The number of aryl methyl sites for hydroxylation is 2. The largest absolute Gasteiger partial charge is 0.493 e. The minimum Gasteiger partial charge on any atom is -0.493 e. The molecule has 0 fully saturated rings. The summed E-state index contributed by atoms with van der Waals surface area (Å²) in [5.74, 6) is -2.19. The number of fused-ring (bicyclic) bond motifs is 5. The van der Waals surface area contributed by atoms with E-state index >= 15 is 0 Å². The third-order valence-electron chi connectivity index (χ3n) is 9.43. The smallest absolute Gasteiger partial charge is 0.349 e. The van der Waals surface area contributed by atoms with Gasteiger partial charge in [-0.25, -0.2) is 19.2 Å². The molecular weight excluding hydrogens is 686 g/mol. The van der Waals surface area contributed by atoms with E-state index in [4.69, 9.17) is 28.4 Å². The number of esters is 2. The van der Waals surface area contributed by atoms with Crippen molar-refractivity contribution in [3.8, 4) is 23.0 Å². The third kappa shape index (κ3) is 7.90.